The van der Waals surface area contributed by atoms with Gasteiger partial charge in [-0.2, -0.15) is 11.8 Å². The Hall–Kier alpha value is -0.750. The molecule has 0 aromatic heterocycles. The SMILES string of the molecule is NC(CCC(=O)O)C(=O)NCC1CCCS1. The van der Waals surface area contributed by atoms with E-state index >= 15 is 0 Å². The third-order valence-corrected chi connectivity index (χ3v) is 3.93. The number of hydrogen-bond donors (Lipinski definition) is 3. The van der Waals surface area contributed by atoms with Crippen molar-refractivity contribution in [1.82, 2.24) is 5.32 Å². The van der Waals surface area contributed by atoms with Crippen molar-refractivity contribution in [3.8, 4) is 0 Å². The van der Waals surface area contributed by atoms with Gasteiger partial charge in [0.2, 0.25) is 5.91 Å². The highest BCUT2D eigenvalue weighted by Gasteiger charge is 2.19. The van der Waals surface area contributed by atoms with Crippen LogP contribution < -0.4 is 11.1 Å². The van der Waals surface area contributed by atoms with Crippen LogP contribution in [-0.4, -0.2) is 40.6 Å². The van der Waals surface area contributed by atoms with Gasteiger partial charge >= 0.3 is 5.97 Å². The first kappa shape index (κ1) is 13.3. The Kier molecular flexibility index (Phi) is 5.62. The van der Waals surface area contributed by atoms with E-state index in [-0.39, 0.29) is 18.7 Å². The molecule has 4 N–H and O–H groups in total. The van der Waals surface area contributed by atoms with E-state index in [0.29, 0.717) is 11.8 Å². The Morgan fingerprint density at radius 2 is 2.31 bits per heavy atom. The third kappa shape index (κ3) is 4.85. The van der Waals surface area contributed by atoms with Crippen molar-refractivity contribution < 1.29 is 14.7 Å². The number of nitrogens with two attached hydrogens (primary N) is 1. The van der Waals surface area contributed by atoms with Crippen molar-refractivity contribution in [3.05, 3.63) is 0 Å². The van der Waals surface area contributed by atoms with Crippen LogP contribution in [0.15, 0.2) is 0 Å². The van der Waals surface area contributed by atoms with Crippen LogP contribution in [0, 0.1) is 0 Å². The largest absolute Gasteiger partial charge is 0.481 e. The molecule has 1 rings (SSSR count). The number of amides is 1. The molecule has 0 radical (unpaired) electrons. The normalized spacial score (nSPS) is 21.7. The van der Waals surface area contributed by atoms with Gasteiger partial charge in [0.15, 0.2) is 0 Å². The van der Waals surface area contributed by atoms with Crippen molar-refractivity contribution in [2.45, 2.75) is 37.0 Å². The van der Waals surface area contributed by atoms with Crippen LogP contribution in [-0.2, 0) is 9.59 Å². The number of carbonyl (C=O) groups is 2. The van der Waals surface area contributed by atoms with Crippen molar-refractivity contribution >= 4 is 23.6 Å². The number of thioether (sulfide) groups is 1. The third-order valence-electron chi connectivity index (χ3n) is 2.53. The highest BCUT2D eigenvalue weighted by atomic mass is 32.2. The molecule has 6 heteroatoms. The van der Waals surface area contributed by atoms with Crippen LogP contribution in [0.2, 0.25) is 0 Å². The molecular formula is C10H18N2O3S. The summed E-state index contributed by atoms with van der Waals surface area (Å²) in [5.74, 6) is -0.00523. The molecule has 0 aliphatic carbocycles. The molecule has 0 bridgehead atoms. The van der Waals surface area contributed by atoms with Gasteiger partial charge in [0.05, 0.1) is 6.04 Å². The average molecular weight is 246 g/mol. The molecule has 0 saturated carbocycles. The summed E-state index contributed by atoms with van der Waals surface area (Å²) < 4.78 is 0. The van der Waals surface area contributed by atoms with Gasteiger partial charge in [0.1, 0.15) is 0 Å². The summed E-state index contributed by atoms with van der Waals surface area (Å²) in [5, 5.41) is 11.7. The maximum Gasteiger partial charge on any atom is 0.303 e. The summed E-state index contributed by atoms with van der Waals surface area (Å²) >= 11 is 1.86. The van der Waals surface area contributed by atoms with Gasteiger partial charge in [-0.25, -0.2) is 0 Å². The Balaban J connectivity index is 2.15. The molecule has 92 valence electrons. The average Bonchev–Trinajstić information content (AvgIpc) is 2.75. The molecule has 1 aliphatic rings. The van der Waals surface area contributed by atoms with E-state index in [1.165, 1.54) is 6.42 Å². The molecule has 0 aromatic rings. The number of carboxylic acid groups (broad SMARTS) is 1. The lowest BCUT2D eigenvalue weighted by atomic mass is 10.1. The van der Waals surface area contributed by atoms with E-state index in [1.807, 2.05) is 11.8 Å². The highest BCUT2D eigenvalue weighted by molar-refractivity contribution is 8.00. The summed E-state index contributed by atoms with van der Waals surface area (Å²) in [7, 11) is 0. The minimum atomic E-state index is -0.922. The lowest BCUT2D eigenvalue weighted by molar-refractivity contribution is -0.137. The maximum atomic E-state index is 11.5. The minimum Gasteiger partial charge on any atom is -0.481 e. The topological polar surface area (TPSA) is 92.4 Å². The molecule has 1 amide bonds. The van der Waals surface area contributed by atoms with Crippen LogP contribution in [0.5, 0.6) is 0 Å². The Bertz CT molecular complexity index is 254. The standard InChI is InChI=1S/C10H18N2O3S/c11-8(3-4-9(13)14)10(15)12-6-7-2-1-5-16-7/h7-8H,1-6,11H2,(H,12,15)(H,13,14). The van der Waals surface area contributed by atoms with Gasteiger partial charge < -0.3 is 16.2 Å². The van der Waals surface area contributed by atoms with E-state index in [0.717, 1.165) is 12.2 Å². The molecule has 2 atom stereocenters. The summed E-state index contributed by atoms with van der Waals surface area (Å²) in [4.78, 5) is 21.8. The van der Waals surface area contributed by atoms with Gasteiger partial charge in [-0.15, -0.1) is 0 Å². The quantitative estimate of drug-likeness (QED) is 0.622. The molecule has 1 fully saturated rings. The van der Waals surface area contributed by atoms with Gasteiger partial charge in [-0.3, -0.25) is 9.59 Å². The molecule has 1 aliphatic heterocycles. The Morgan fingerprint density at radius 1 is 1.56 bits per heavy atom. The summed E-state index contributed by atoms with van der Waals surface area (Å²) in [5.41, 5.74) is 5.57. The second-order valence-corrected chi connectivity index (χ2v) is 5.33. The van der Waals surface area contributed by atoms with Gasteiger partial charge in [-0.05, 0) is 25.0 Å². The van der Waals surface area contributed by atoms with Crippen molar-refractivity contribution in [2.75, 3.05) is 12.3 Å². The fourth-order valence-corrected chi connectivity index (χ4v) is 2.76. The first-order valence-corrected chi connectivity index (χ1v) is 6.51. The van der Waals surface area contributed by atoms with Crippen molar-refractivity contribution in [2.24, 2.45) is 5.73 Å². The number of carboxylic acids is 1. The van der Waals surface area contributed by atoms with E-state index in [9.17, 15) is 9.59 Å². The number of aliphatic carboxylic acids is 1. The molecule has 0 aromatic carbocycles. The van der Waals surface area contributed by atoms with Gasteiger partial charge in [-0.1, -0.05) is 0 Å². The highest BCUT2D eigenvalue weighted by Crippen LogP contribution is 2.25. The minimum absolute atomic E-state index is 0.0627. The lowest BCUT2D eigenvalue weighted by Gasteiger charge is -2.13. The van der Waals surface area contributed by atoms with Crippen molar-refractivity contribution in [3.63, 3.8) is 0 Å². The molecule has 16 heavy (non-hydrogen) atoms. The van der Waals surface area contributed by atoms with E-state index in [1.54, 1.807) is 0 Å². The van der Waals surface area contributed by atoms with Crippen molar-refractivity contribution in [1.29, 1.82) is 0 Å². The molecule has 5 nitrogen and oxygen atoms in total. The van der Waals surface area contributed by atoms with Crippen LogP contribution in [0.3, 0.4) is 0 Å². The fourth-order valence-electron chi connectivity index (χ4n) is 1.56. The monoisotopic (exact) mass is 246 g/mol. The first-order valence-electron chi connectivity index (χ1n) is 5.46. The Morgan fingerprint density at radius 3 is 2.88 bits per heavy atom. The van der Waals surface area contributed by atoms with Crippen LogP contribution in [0.1, 0.15) is 25.7 Å². The lowest BCUT2D eigenvalue weighted by Crippen LogP contribution is -2.42. The number of nitrogens with one attached hydrogen (secondary N) is 1. The van der Waals surface area contributed by atoms with Crippen LogP contribution in [0.25, 0.3) is 0 Å². The summed E-state index contributed by atoms with van der Waals surface area (Å²) in [6, 6.07) is -0.706. The van der Waals surface area contributed by atoms with Gasteiger partial charge in [0, 0.05) is 18.2 Å². The second-order valence-electron chi connectivity index (χ2n) is 3.92. The summed E-state index contributed by atoms with van der Waals surface area (Å²) in [6.45, 7) is 0.643. The molecular weight excluding hydrogens is 228 g/mol. The van der Waals surface area contributed by atoms with E-state index in [4.69, 9.17) is 10.8 Å². The predicted octanol–water partition coefficient (Wildman–Crippen LogP) is 0.190. The van der Waals surface area contributed by atoms with Crippen LogP contribution >= 0.6 is 11.8 Å². The number of carbonyl (C=O) groups excluding carboxylic acids is 1. The molecule has 1 saturated heterocycles. The van der Waals surface area contributed by atoms with E-state index in [2.05, 4.69) is 5.32 Å². The second kappa shape index (κ2) is 6.75. The zero-order chi connectivity index (χ0) is 12.0. The smallest absolute Gasteiger partial charge is 0.303 e. The maximum absolute atomic E-state index is 11.5. The zero-order valence-electron chi connectivity index (χ0n) is 9.15. The zero-order valence-corrected chi connectivity index (χ0v) is 9.96. The Labute approximate surface area is 99.1 Å². The van der Waals surface area contributed by atoms with Gasteiger partial charge in [0.25, 0.3) is 0 Å². The molecule has 1 heterocycles. The fraction of sp³-hybridized carbons (Fsp3) is 0.800. The number of hydrogen-bond acceptors (Lipinski definition) is 4. The molecule has 0 spiro atoms. The molecule has 2 unspecified atom stereocenters. The predicted molar refractivity (Wildman–Crippen MR) is 63.3 cm³/mol. The first-order chi connectivity index (χ1) is 7.59. The summed E-state index contributed by atoms with van der Waals surface area (Å²) in [6.07, 6.45) is 2.47. The van der Waals surface area contributed by atoms with E-state index < -0.39 is 12.0 Å². The number of rotatable bonds is 6. The van der Waals surface area contributed by atoms with Crippen LogP contribution in [0.4, 0.5) is 0 Å².